The summed E-state index contributed by atoms with van der Waals surface area (Å²) < 4.78 is 27.3. The quantitative estimate of drug-likeness (QED) is 0.656. The molecule has 0 saturated carbocycles. The SMILES string of the molecule is C[C@@H]1CNCCN1C(=O)c1cc(F)cc([N+](=O)[O-])c1F. The van der Waals surface area contributed by atoms with Gasteiger partial charge in [-0.3, -0.25) is 14.9 Å². The number of nitro groups is 1. The van der Waals surface area contributed by atoms with Crippen LogP contribution in [0.15, 0.2) is 12.1 Å². The summed E-state index contributed by atoms with van der Waals surface area (Å²) in [5.74, 6) is -3.05. The molecule has 1 amide bonds. The second kappa shape index (κ2) is 5.49. The molecule has 6 nitrogen and oxygen atoms in total. The van der Waals surface area contributed by atoms with Gasteiger partial charge in [0.25, 0.3) is 5.91 Å². The van der Waals surface area contributed by atoms with Crippen LogP contribution < -0.4 is 5.32 Å². The summed E-state index contributed by atoms with van der Waals surface area (Å²) in [6.07, 6.45) is 0. The van der Waals surface area contributed by atoms with Crippen LogP contribution in [0.4, 0.5) is 14.5 Å². The van der Waals surface area contributed by atoms with E-state index in [1.54, 1.807) is 6.92 Å². The van der Waals surface area contributed by atoms with Gasteiger partial charge in [-0.25, -0.2) is 4.39 Å². The van der Waals surface area contributed by atoms with Gasteiger partial charge in [0.1, 0.15) is 5.82 Å². The highest BCUT2D eigenvalue weighted by Crippen LogP contribution is 2.24. The zero-order chi connectivity index (χ0) is 14.9. The summed E-state index contributed by atoms with van der Waals surface area (Å²) in [5.41, 5.74) is -1.64. The van der Waals surface area contributed by atoms with Crippen molar-refractivity contribution in [1.82, 2.24) is 10.2 Å². The topological polar surface area (TPSA) is 75.5 Å². The molecule has 0 bridgehead atoms. The lowest BCUT2D eigenvalue weighted by molar-refractivity contribution is -0.387. The van der Waals surface area contributed by atoms with Gasteiger partial charge in [-0.1, -0.05) is 0 Å². The van der Waals surface area contributed by atoms with E-state index in [1.807, 2.05) is 0 Å². The minimum absolute atomic E-state index is 0.196. The van der Waals surface area contributed by atoms with Crippen molar-refractivity contribution in [3.63, 3.8) is 0 Å². The molecule has 108 valence electrons. The number of carbonyl (C=O) groups is 1. The van der Waals surface area contributed by atoms with E-state index >= 15 is 0 Å². The van der Waals surface area contributed by atoms with Crippen molar-refractivity contribution in [1.29, 1.82) is 0 Å². The fraction of sp³-hybridized carbons (Fsp3) is 0.417. The highest BCUT2D eigenvalue weighted by molar-refractivity contribution is 5.95. The third-order valence-electron chi connectivity index (χ3n) is 3.21. The summed E-state index contributed by atoms with van der Waals surface area (Å²) >= 11 is 0. The first-order chi connectivity index (χ1) is 9.41. The van der Waals surface area contributed by atoms with Crippen molar-refractivity contribution < 1.29 is 18.5 Å². The van der Waals surface area contributed by atoms with Gasteiger partial charge in [0.2, 0.25) is 5.82 Å². The number of amides is 1. The Hall–Kier alpha value is -2.09. The van der Waals surface area contributed by atoms with Crippen molar-refractivity contribution in [2.45, 2.75) is 13.0 Å². The van der Waals surface area contributed by atoms with Gasteiger partial charge in [-0.2, -0.15) is 4.39 Å². The van der Waals surface area contributed by atoms with E-state index in [9.17, 15) is 23.7 Å². The molecule has 0 aromatic heterocycles. The van der Waals surface area contributed by atoms with Gasteiger partial charge < -0.3 is 10.2 Å². The Kier molecular flexibility index (Phi) is 3.93. The number of carbonyl (C=O) groups excluding carboxylic acids is 1. The van der Waals surface area contributed by atoms with E-state index in [0.717, 1.165) is 0 Å². The third-order valence-corrected chi connectivity index (χ3v) is 3.21. The Morgan fingerprint density at radius 3 is 2.80 bits per heavy atom. The number of nitro benzene ring substituents is 1. The van der Waals surface area contributed by atoms with Crippen molar-refractivity contribution in [3.05, 3.63) is 39.4 Å². The molecule has 8 heteroatoms. The highest BCUT2D eigenvalue weighted by Gasteiger charge is 2.30. The van der Waals surface area contributed by atoms with E-state index in [0.29, 0.717) is 31.8 Å². The first-order valence-electron chi connectivity index (χ1n) is 6.07. The Morgan fingerprint density at radius 1 is 1.50 bits per heavy atom. The van der Waals surface area contributed by atoms with Crippen LogP contribution in [-0.2, 0) is 0 Å². The van der Waals surface area contributed by atoms with Crippen LogP contribution in [-0.4, -0.2) is 41.4 Å². The molecular weight excluding hydrogens is 272 g/mol. The van der Waals surface area contributed by atoms with Crippen molar-refractivity contribution in [2.75, 3.05) is 19.6 Å². The Bertz CT molecular complexity index is 565. The summed E-state index contributed by atoms with van der Waals surface area (Å²) in [4.78, 5) is 23.2. The van der Waals surface area contributed by atoms with Crippen LogP contribution in [0.25, 0.3) is 0 Å². The molecule has 1 fully saturated rings. The molecule has 1 N–H and O–H groups in total. The van der Waals surface area contributed by atoms with Crippen LogP contribution in [0.1, 0.15) is 17.3 Å². The number of hydrogen-bond donors (Lipinski definition) is 1. The maximum absolute atomic E-state index is 14.0. The summed E-state index contributed by atoms with van der Waals surface area (Å²) in [6, 6.07) is 0.963. The molecule has 0 aliphatic carbocycles. The van der Waals surface area contributed by atoms with Crippen molar-refractivity contribution in [3.8, 4) is 0 Å². The molecule has 2 rings (SSSR count). The molecule has 0 unspecified atom stereocenters. The zero-order valence-corrected chi connectivity index (χ0v) is 10.7. The largest absolute Gasteiger partial charge is 0.333 e. The molecule has 1 heterocycles. The molecular formula is C12H13F2N3O3. The third kappa shape index (κ3) is 2.60. The number of hydrogen-bond acceptors (Lipinski definition) is 4. The molecule has 20 heavy (non-hydrogen) atoms. The number of nitrogens with one attached hydrogen (secondary N) is 1. The summed E-state index contributed by atoms with van der Waals surface area (Å²) in [7, 11) is 0. The lowest BCUT2D eigenvalue weighted by Gasteiger charge is -2.34. The molecule has 1 aliphatic heterocycles. The second-order valence-corrected chi connectivity index (χ2v) is 4.60. The van der Waals surface area contributed by atoms with Crippen molar-refractivity contribution >= 4 is 11.6 Å². The molecule has 1 saturated heterocycles. The average molecular weight is 285 g/mol. The van der Waals surface area contributed by atoms with E-state index in [4.69, 9.17) is 0 Å². The number of halogens is 2. The van der Waals surface area contributed by atoms with Gasteiger partial charge in [0.15, 0.2) is 0 Å². The van der Waals surface area contributed by atoms with Crippen LogP contribution in [0.2, 0.25) is 0 Å². The van der Waals surface area contributed by atoms with Gasteiger partial charge in [0.05, 0.1) is 16.6 Å². The maximum atomic E-state index is 14.0. The average Bonchev–Trinajstić information content (AvgIpc) is 2.40. The molecule has 0 radical (unpaired) electrons. The number of benzene rings is 1. The normalized spacial score (nSPS) is 18.9. The fourth-order valence-corrected chi connectivity index (χ4v) is 2.16. The maximum Gasteiger partial charge on any atom is 0.308 e. The lowest BCUT2D eigenvalue weighted by Crippen LogP contribution is -2.52. The highest BCUT2D eigenvalue weighted by atomic mass is 19.1. The van der Waals surface area contributed by atoms with Crippen LogP contribution in [0.5, 0.6) is 0 Å². The first-order valence-corrected chi connectivity index (χ1v) is 6.07. The standard InChI is InChI=1S/C12H13F2N3O3/c1-7-6-15-2-3-16(7)12(18)9-4-8(13)5-10(11(9)14)17(19)20/h4-5,7,15H,2-3,6H2,1H3/t7-/m1/s1. The summed E-state index contributed by atoms with van der Waals surface area (Å²) in [6.45, 7) is 3.17. The van der Waals surface area contributed by atoms with E-state index in [2.05, 4.69) is 5.32 Å². The molecule has 1 aromatic rings. The second-order valence-electron chi connectivity index (χ2n) is 4.60. The number of rotatable bonds is 2. The Morgan fingerprint density at radius 2 is 2.20 bits per heavy atom. The zero-order valence-electron chi connectivity index (χ0n) is 10.7. The van der Waals surface area contributed by atoms with Gasteiger partial charge in [-0.15, -0.1) is 0 Å². The summed E-state index contributed by atoms with van der Waals surface area (Å²) in [5, 5.41) is 13.7. The Labute approximate surface area is 113 Å². The van der Waals surface area contributed by atoms with Gasteiger partial charge in [-0.05, 0) is 13.0 Å². The fourth-order valence-electron chi connectivity index (χ4n) is 2.16. The predicted octanol–water partition coefficient (Wildman–Crippen LogP) is 1.31. The van der Waals surface area contributed by atoms with Crippen LogP contribution >= 0.6 is 0 Å². The van der Waals surface area contributed by atoms with Crippen LogP contribution in [0, 0.1) is 21.7 Å². The van der Waals surface area contributed by atoms with E-state index in [-0.39, 0.29) is 6.04 Å². The van der Waals surface area contributed by atoms with Gasteiger partial charge in [0, 0.05) is 25.7 Å². The van der Waals surface area contributed by atoms with E-state index < -0.39 is 33.7 Å². The monoisotopic (exact) mass is 285 g/mol. The smallest absolute Gasteiger partial charge is 0.308 e. The molecule has 1 atom stereocenters. The van der Waals surface area contributed by atoms with Gasteiger partial charge >= 0.3 is 5.69 Å². The van der Waals surface area contributed by atoms with Crippen LogP contribution in [0.3, 0.4) is 0 Å². The predicted molar refractivity (Wildman–Crippen MR) is 66.4 cm³/mol. The van der Waals surface area contributed by atoms with Crippen molar-refractivity contribution in [2.24, 2.45) is 0 Å². The first kappa shape index (κ1) is 14.3. The minimum atomic E-state index is -1.30. The molecule has 1 aliphatic rings. The Balaban J connectivity index is 2.41. The van der Waals surface area contributed by atoms with E-state index in [1.165, 1.54) is 4.90 Å². The molecule has 0 spiro atoms. The number of piperazine rings is 1. The number of nitrogens with zero attached hydrogens (tertiary/aromatic N) is 2. The minimum Gasteiger partial charge on any atom is -0.333 e. The lowest BCUT2D eigenvalue weighted by atomic mass is 10.1. The molecule has 1 aromatic carbocycles.